The van der Waals surface area contributed by atoms with Crippen LogP contribution in [-0.4, -0.2) is 47.1 Å². The van der Waals surface area contributed by atoms with Crippen LogP contribution in [0.3, 0.4) is 0 Å². The summed E-state index contributed by atoms with van der Waals surface area (Å²) in [6.45, 7) is 8.81. The van der Waals surface area contributed by atoms with Gasteiger partial charge in [-0.2, -0.15) is 4.98 Å². The van der Waals surface area contributed by atoms with Crippen LogP contribution in [0.15, 0.2) is 53.1 Å². The lowest BCUT2D eigenvalue weighted by molar-refractivity contribution is -0.917. The zero-order chi connectivity index (χ0) is 20.9. The lowest BCUT2D eigenvalue weighted by Gasteiger charge is -2.32. The number of hydrogen-bond donors (Lipinski definition) is 1. The molecule has 0 radical (unpaired) electrons. The van der Waals surface area contributed by atoms with Crippen molar-refractivity contribution in [2.75, 3.05) is 26.2 Å². The van der Waals surface area contributed by atoms with Crippen LogP contribution in [0.1, 0.15) is 29.0 Å². The standard InChI is InChI=1S/C24H28N4O2/c1-18-7-9-20(10-8-18)24-25-22(30-26-24)11-12-23(29)28-15-13-27(14-16-28)17-21-6-4-3-5-19(21)2/h3-10H,11-17H2,1-2H3/p+1. The molecule has 6 heteroatoms. The first kappa shape index (κ1) is 20.3. The third-order valence-corrected chi connectivity index (χ3v) is 5.86. The van der Waals surface area contributed by atoms with Crippen LogP contribution >= 0.6 is 0 Å². The SMILES string of the molecule is Cc1ccc(-c2noc(CCC(=O)N3CC[NH+](Cc4ccccc4C)CC3)n2)cc1. The lowest BCUT2D eigenvalue weighted by atomic mass is 10.1. The molecule has 1 saturated heterocycles. The van der Waals surface area contributed by atoms with Gasteiger partial charge in [-0.1, -0.05) is 59.3 Å². The summed E-state index contributed by atoms with van der Waals surface area (Å²) in [4.78, 5) is 20.6. The second-order valence-corrected chi connectivity index (χ2v) is 8.11. The van der Waals surface area contributed by atoms with Gasteiger partial charge < -0.3 is 14.3 Å². The maximum absolute atomic E-state index is 12.6. The Labute approximate surface area is 177 Å². The van der Waals surface area contributed by atoms with E-state index in [0.717, 1.165) is 38.3 Å². The summed E-state index contributed by atoms with van der Waals surface area (Å²) in [5.41, 5.74) is 4.85. The maximum Gasteiger partial charge on any atom is 0.227 e. The summed E-state index contributed by atoms with van der Waals surface area (Å²) in [5.74, 6) is 1.26. The molecular formula is C24H29N4O2+. The first-order valence-electron chi connectivity index (χ1n) is 10.6. The molecule has 0 aliphatic carbocycles. The van der Waals surface area contributed by atoms with Crippen molar-refractivity contribution in [3.63, 3.8) is 0 Å². The molecule has 6 nitrogen and oxygen atoms in total. The average molecular weight is 406 g/mol. The highest BCUT2D eigenvalue weighted by Crippen LogP contribution is 2.17. The van der Waals surface area contributed by atoms with Gasteiger partial charge in [0.25, 0.3) is 0 Å². The molecule has 1 amide bonds. The van der Waals surface area contributed by atoms with Gasteiger partial charge in [-0.25, -0.2) is 0 Å². The second-order valence-electron chi connectivity index (χ2n) is 8.11. The molecule has 1 aliphatic heterocycles. The van der Waals surface area contributed by atoms with Crippen LogP contribution in [0.2, 0.25) is 0 Å². The van der Waals surface area contributed by atoms with E-state index in [1.165, 1.54) is 21.6 Å². The number of benzene rings is 2. The zero-order valence-electron chi connectivity index (χ0n) is 17.7. The van der Waals surface area contributed by atoms with E-state index in [1.807, 2.05) is 36.1 Å². The molecule has 1 aromatic heterocycles. The van der Waals surface area contributed by atoms with Crippen molar-refractivity contribution >= 4 is 5.91 Å². The predicted molar refractivity (Wildman–Crippen MR) is 115 cm³/mol. The van der Waals surface area contributed by atoms with E-state index in [9.17, 15) is 4.79 Å². The van der Waals surface area contributed by atoms with E-state index in [-0.39, 0.29) is 5.91 Å². The van der Waals surface area contributed by atoms with Crippen molar-refractivity contribution in [1.29, 1.82) is 0 Å². The van der Waals surface area contributed by atoms with Crippen molar-refractivity contribution in [2.24, 2.45) is 0 Å². The van der Waals surface area contributed by atoms with Crippen LogP contribution in [0.5, 0.6) is 0 Å². The van der Waals surface area contributed by atoms with E-state index in [2.05, 4.69) is 41.3 Å². The van der Waals surface area contributed by atoms with E-state index in [0.29, 0.717) is 24.6 Å². The molecule has 0 unspecified atom stereocenters. The van der Waals surface area contributed by atoms with Crippen molar-refractivity contribution < 1.29 is 14.2 Å². The minimum absolute atomic E-state index is 0.167. The number of nitrogens with zero attached hydrogens (tertiary/aromatic N) is 3. The molecule has 2 heterocycles. The van der Waals surface area contributed by atoms with Crippen LogP contribution in [0.4, 0.5) is 0 Å². The summed E-state index contributed by atoms with van der Waals surface area (Å²) < 4.78 is 5.35. The Balaban J connectivity index is 1.24. The second kappa shape index (κ2) is 9.22. The van der Waals surface area contributed by atoms with Crippen molar-refractivity contribution in [2.45, 2.75) is 33.2 Å². The van der Waals surface area contributed by atoms with Gasteiger partial charge in [0, 0.05) is 24.0 Å². The molecule has 1 fully saturated rings. The first-order valence-corrected chi connectivity index (χ1v) is 10.6. The third kappa shape index (κ3) is 4.94. The number of nitrogens with one attached hydrogen (secondary N) is 1. The molecule has 4 rings (SSSR count). The van der Waals surface area contributed by atoms with Gasteiger partial charge >= 0.3 is 0 Å². The Bertz CT molecular complexity index is 988. The maximum atomic E-state index is 12.6. The summed E-state index contributed by atoms with van der Waals surface area (Å²) in [5, 5.41) is 4.05. The Hall–Kier alpha value is -2.99. The van der Waals surface area contributed by atoms with Crippen LogP contribution in [0, 0.1) is 13.8 Å². The van der Waals surface area contributed by atoms with E-state index in [1.54, 1.807) is 0 Å². The van der Waals surface area contributed by atoms with Crippen LogP contribution in [-0.2, 0) is 17.8 Å². The largest absolute Gasteiger partial charge is 0.339 e. The molecule has 1 N–H and O–H groups in total. The first-order chi connectivity index (χ1) is 14.6. The number of hydrogen-bond acceptors (Lipinski definition) is 4. The number of amides is 1. The molecule has 156 valence electrons. The quantitative estimate of drug-likeness (QED) is 0.683. The summed E-state index contributed by atoms with van der Waals surface area (Å²) in [6, 6.07) is 16.6. The van der Waals surface area contributed by atoms with Crippen LogP contribution < -0.4 is 4.90 Å². The van der Waals surface area contributed by atoms with Crippen molar-refractivity contribution in [3.8, 4) is 11.4 Å². The van der Waals surface area contributed by atoms with Crippen molar-refractivity contribution in [1.82, 2.24) is 15.0 Å². The average Bonchev–Trinajstić information content (AvgIpc) is 3.24. The highest BCUT2D eigenvalue weighted by Gasteiger charge is 2.24. The molecular weight excluding hydrogens is 376 g/mol. The number of carbonyl (C=O) groups excluding carboxylic acids is 1. The molecule has 0 bridgehead atoms. The number of aryl methyl sites for hydroxylation is 3. The lowest BCUT2D eigenvalue weighted by Crippen LogP contribution is -3.13. The number of piperazine rings is 1. The topological polar surface area (TPSA) is 63.7 Å². The molecule has 30 heavy (non-hydrogen) atoms. The fourth-order valence-electron chi connectivity index (χ4n) is 3.88. The molecule has 2 aromatic carbocycles. The fraction of sp³-hybridized carbons (Fsp3) is 0.375. The Morgan fingerprint density at radius 1 is 1.07 bits per heavy atom. The van der Waals surface area contributed by atoms with Crippen LogP contribution in [0.25, 0.3) is 11.4 Å². The molecule has 3 aromatic rings. The minimum atomic E-state index is 0.167. The number of aromatic nitrogens is 2. The van der Waals surface area contributed by atoms with Gasteiger partial charge in [0.1, 0.15) is 6.54 Å². The number of quaternary nitrogens is 1. The number of rotatable bonds is 6. The Morgan fingerprint density at radius 3 is 2.53 bits per heavy atom. The normalized spacial score (nSPS) is 14.8. The van der Waals surface area contributed by atoms with Gasteiger partial charge in [-0.15, -0.1) is 0 Å². The zero-order valence-corrected chi connectivity index (χ0v) is 17.7. The highest BCUT2D eigenvalue weighted by molar-refractivity contribution is 5.76. The summed E-state index contributed by atoms with van der Waals surface area (Å²) in [7, 11) is 0. The van der Waals surface area contributed by atoms with E-state index in [4.69, 9.17) is 4.52 Å². The third-order valence-electron chi connectivity index (χ3n) is 5.86. The Kier molecular flexibility index (Phi) is 6.23. The molecule has 1 aliphatic rings. The van der Waals surface area contributed by atoms with Gasteiger partial charge in [-0.3, -0.25) is 4.79 Å². The van der Waals surface area contributed by atoms with Gasteiger partial charge in [-0.05, 0) is 19.4 Å². The number of carbonyl (C=O) groups is 1. The summed E-state index contributed by atoms with van der Waals surface area (Å²) >= 11 is 0. The minimum Gasteiger partial charge on any atom is -0.339 e. The smallest absolute Gasteiger partial charge is 0.227 e. The molecule has 0 spiro atoms. The van der Waals surface area contributed by atoms with E-state index >= 15 is 0 Å². The van der Waals surface area contributed by atoms with Gasteiger partial charge in [0.15, 0.2) is 0 Å². The molecule has 0 saturated carbocycles. The Morgan fingerprint density at radius 2 is 1.80 bits per heavy atom. The van der Waals surface area contributed by atoms with Gasteiger partial charge in [0.2, 0.25) is 17.6 Å². The fourth-order valence-corrected chi connectivity index (χ4v) is 3.88. The van der Waals surface area contributed by atoms with Gasteiger partial charge in [0.05, 0.1) is 26.2 Å². The van der Waals surface area contributed by atoms with E-state index < -0.39 is 0 Å². The highest BCUT2D eigenvalue weighted by atomic mass is 16.5. The van der Waals surface area contributed by atoms with Crippen molar-refractivity contribution in [3.05, 3.63) is 71.1 Å². The summed E-state index contributed by atoms with van der Waals surface area (Å²) in [6.07, 6.45) is 0.886. The molecule has 0 atom stereocenters. The monoisotopic (exact) mass is 405 g/mol. The predicted octanol–water partition coefficient (Wildman–Crippen LogP) is 2.21.